The van der Waals surface area contributed by atoms with Crippen LogP contribution in [-0.2, 0) is 4.79 Å². The van der Waals surface area contributed by atoms with E-state index in [0.717, 1.165) is 25.7 Å². The third-order valence-corrected chi connectivity index (χ3v) is 5.39. The smallest absolute Gasteiger partial charge is 0.133 e. The van der Waals surface area contributed by atoms with Crippen LogP contribution in [0.2, 0.25) is 0 Å². The van der Waals surface area contributed by atoms with Crippen molar-refractivity contribution in [2.45, 2.75) is 71.3 Å². The first-order chi connectivity index (χ1) is 8.19. The number of hydrogen-bond donors (Lipinski definition) is 0. The fraction of sp³-hybridized carbons (Fsp3) is 0.933. The Balaban J connectivity index is 1.84. The molecule has 2 heteroatoms. The SMILES string of the molecule is CCC1(CC)CCN(C2CCC(=O)CC2)CC1. The van der Waals surface area contributed by atoms with Crippen LogP contribution in [0.1, 0.15) is 65.2 Å². The van der Waals surface area contributed by atoms with Gasteiger partial charge in [0.25, 0.3) is 0 Å². The second-order valence-electron chi connectivity index (χ2n) is 6.01. The van der Waals surface area contributed by atoms with Gasteiger partial charge in [-0.1, -0.05) is 26.7 Å². The quantitative estimate of drug-likeness (QED) is 0.750. The zero-order chi connectivity index (χ0) is 12.3. The number of likely N-dealkylation sites (tertiary alicyclic amines) is 1. The maximum atomic E-state index is 11.3. The first-order valence-corrected chi connectivity index (χ1v) is 7.45. The molecule has 1 aliphatic heterocycles. The maximum Gasteiger partial charge on any atom is 0.133 e. The first-order valence-electron chi connectivity index (χ1n) is 7.45. The van der Waals surface area contributed by atoms with Gasteiger partial charge in [-0.3, -0.25) is 4.79 Å². The Morgan fingerprint density at radius 3 is 2.12 bits per heavy atom. The summed E-state index contributed by atoms with van der Waals surface area (Å²) in [6, 6.07) is 0.708. The molecule has 0 radical (unpaired) electrons. The lowest BCUT2D eigenvalue weighted by atomic mass is 9.73. The van der Waals surface area contributed by atoms with Crippen LogP contribution in [0.5, 0.6) is 0 Å². The van der Waals surface area contributed by atoms with Crippen LogP contribution >= 0.6 is 0 Å². The van der Waals surface area contributed by atoms with E-state index in [4.69, 9.17) is 0 Å². The van der Waals surface area contributed by atoms with Gasteiger partial charge in [0.1, 0.15) is 5.78 Å². The van der Waals surface area contributed by atoms with Gasteiger partial charge in [-0.15, -0.1) is 0 Å². The molecular weight excluding hydrogens is 210 g/mol. The summed E-state index contributed by atoms with van der Waals surface area (Å²) in [7, 11) is 0. The zero-order valence-electron chi connectivity index (χ0n) is 11.5. The van der Waals surface area contributed by atoms with E-state index >= 15 is 0 Å². The second-order valence-corrected chi connectivity index (χ2v) is 6.01. The number of piperidine rings is 1. The summed E-state index contributed by atoms with van der Waals surface area (Å²) < 4.78 is 0. The first kappa shape index (κ1) is 13.1. The van der Waals surface area contributed by atoms with Gasteiger partial charge in [0.15, 0.2) is 0 Å². The van der Waals surface area contributed by atoms with Crippen molar-refractivity contribution in [2.24, 2.45) is 5.41 Å². The van der Waals surface area contributed by atoms with Gasteiger partial charge in [0.2, 0.25) is 0 Å². The molecule has 1 saturated heterocycles. The van der Waals surface area contributed by atoms with E-state index in [9.17, 15) is 4.79 Å². The molecule has 2 aliphatic rings. The number of rotatable bonds is 3. The molecule has 0 aromatic heterocycles. The van der Waals surface area contributed by atoms with Crippen molar-refractivity contribution in [1.29, 1.82) is 0 Å². The van der Waals surface area contributed by atoms with Gasteiger partial charge >= 0.3 is 0 Å². The van der Waals surface area contributed by atoms with Gasteiger partial charge in [-0.2, -0.15) is 0 Å². The van der Waals surface area contributed by atoms with Crippen LogP contribution in [0.4, 0.5) is 0 Å². The van der Waals surface area contributed by atoms with Gasteiger partial charge in [-0.25, -0.2) is 0 Å². The number of carbonyl (C=O) groups excluding carboxylic acids is 1. The molecule has 0 spiro atoms. The molecule has 0 bridgehead atoms. The van der Waals surface area contributed by atoms with Crippen LogP contribution in [0.3, 0.4) is 0 Å². The molecule has 17 heavy (non-hydrogen) atoms. The lowest BCUT2D eigenvalue weighted by Crippen LogP contribution is -2.46. The maximum absolute atomic E-state index is 11.3. The Hall–Kier alpha value is -0.370. The highest BCUT2D eigenvalue weighted by atomic mass is 16.1. The Morgan fingerprint density at radius 1 is 1.12 bits per heavy atom. The molecule has 2 fully saturated rings. The van der Waals surface area contributed by atoms with Gasteiger partial charge in [0.05, 0.1) is 0 Å². The summed E-state index contributed by atoms with van der Waals surface area (Å²) in [5.74, 6) is 0.481. The molecule has 2 rings (SSSR count). The molecule has 0 N–H and O–H groups in total. The van der Waals surface area contributed by atoms with Gasteiger partial charge < -0.3 is 4.90 Å². The van der Waals surface area contributed by atoms with Crippen molar-refractivity contribution in [1.82, 2.24) is 4.90 Å². The monoisotopic (exact) mass is 237 g/mol. The van der Waals surface area contributed by atoms with E-state index in [2.05, 4.69) is 18.7 Å². The Kier molecular flexibility index (Phi) is 4.24. The standard InChI is InChI=1S/C15H27NO/c1-3-15(4-2)9-11-16(12-10-15)13-5-7-14(17)8-6-13/h13H,3-12H2,1-2H3. The van der Waals surface area contributed by atoms with Crippen LogP contribution < -0.4 is 0 Å². The summed E-state index contributed by atoms with van der Waals surface area (Å²) in [5, 5.41) is 0. The minimum Gasteiger partial charge on any atom is -0.300 e. The van der Waals surface area contributed by atoms with E-state index in [1.807, 2.05) is 0 Å². The lowest BCUT2D eigenvalue weighted by molar-refractivity contribution is -0.121. The van der Waals surface area contributed by atoms with Crippen LogP contribution in [-0.4, -0.2) is 29.8 Å². The molecule has 98 valence electrons. The van der Waals surface area contributed by atoms with Crippen molar-refractivity contribution < 1.29 is 4.79 Å². The molecule has 0 aromatic carbocycles. The normalized spacial score (nSPS) is 27.3. The number of hydrogen-bond acceptors (Lipinski definition) is 2. The Bertz CT molecular complexity index is 250. The van der Waals surface area contributed by atoms with Crippen LogP contribution in [0, 0.1) is 5.41 Å². The van der Waals surface area contributed by atoms with E-state index < -0.39 is 0 Å². The van der Waals surface area contributed by atoms with E-state index in [0.29, 0.717) is 17.2 Å². The van der Waals surface area contributed by atoms with Crippen LogP contribution in [0.15, 0.2) is 0 Å². The number of nitrogens with zero attached hydrogens (tertiary/aromatic N) is 1. The summed E-state index contributed by atoms with van der Waals surface area (Å²) in [6.45, 7) is 7.22. The van der Waals surface area contributed by atoms with Gasteiger partial charge in [0, 0.05) is 18.9 Å². The summed E-state index contributed by atoms with van der Waals surface area (Å²) in [5.41, 5.74) is 0.626. The zero-order valence-corrected chi connectivity index (χ0v) is 11.5. The minimum atomic E-state index is 0.481. The molecule has 1 saturated carbocycles. The molecular formula is C15H27NO. The lowest BCUT2D eigenvalue weighted by Gasteiger charge is -2.44. The highest BCUT2D eigenvalue weighted by Gasteiger charge is 2.34. The van der Waals surface area contributed by atoms with Crippen LogP contribution in [0.25, 0.3) is 0 Å². The number of ketones is 1. The summed E-state index contributed by atoms with van der Waals surface area (Å²) in [6.07, 6.45) is 9.28. The largest absolute Gasteiger partial charge is 0.300 e. The molecule has 0 aromatic rings. The highest BCUT2D eigenvalue weighted by Crippen LogP contribution is 2.39. The van der Waals surface area contributed by atoms with E-state index in [1.54, 1.807) is 0 Å². The molecule has 2 nitrogen and oxygen atoms in total. The predicted molar refractivity (Wildman–Crippen MR) is 71.1 cm³/mol. The summed E-state index contributed by atoms with van der Waals surface area (Å²) >= 11 is 0. The van der Waals surface area contributed by atoms with Crippen molar-refractivity contribution >= 4 is 5.78 Å². The predicted octanol–water partition coefficient (Wildman–Crippen LogP) is 3.40. The molecule has 0 amide bonds. The molecule has 1 heterocycles. The average molecular weight is 237 g/mol. The summed E-state index contributed by atoms with van der Waals surface area (Å²) in [4.78, 5) is 13.9. The third-order valence-electron chi connectivity index (χ3n) is 5.39. The Morgan fingerprint density at radius 2 is 1.65 bits per heavy atom. The van der Waals surface area contributed by atoms with Crippen molar-refractivity contribution in [3.63, 3.8) is 0 Å². The number of carbonyl (C=O) groups is 1. The van der Waals surface area contributed by atoms with E-state index in [-0.39, 0.29) is 0 Å². The molecule has 0 unspecified atom stereocenters. The van der Waals surface area contributed by atoms with Crippen molar-refractivity contribution in [2.75, 3.05) is 13.1 Å². The highest BCUT2D eigenvalue weighted by molar-refractivity contribution is 5.79. The van der Waals surface area contributed by atoms with E-state index in [1.165, 1.54) is 38.8 Å². The fourth-order valence-electron chi connectivity index (χ4n) is 3.61. The average Bonchev–Trinajstić information content (AvgIpc) is 2.40. The second kappa shape index (κ2) is 5.51. The van der Waals surface area contributed by atoms with Crippen molar-refractivity contribution in [3.05, 3.63) is 0 Å². The molecule has 1 aliphatic carbocycles. The van der Waals surface area contributed by atoms with Crippen molar-refractivity contribution in [3.8, 4) is 0 Å². The fourth-order valence-corrected chi connectivity index (χ4v) is 3.61. The third kappa shape index (κ3) is 2.90. The number of Topliss-reactive ketones (excluding diaryl/α,β-unsaturated/α-hetero) is 1. The van der Waals surface area contributed by atoms with Gasteiger partial charge in [-0.05, 0) is 44.2 Å². The topological polar surface area (TPSA) is 20.3 Å². The Labute approximate surface area is 106 Å². The molecule has 0 atom stereocenters. The minimum absolute atomic E-state index is 0.481.